The predicted molar refractivity (Wildman–Crippen MR) is 85.3 cm³/mol. The lowest BCUT2D eigenvalue weighted by atomic mass is 9.86. The Kier molecular flexibility index (Phi) is 3.95. The summed E-state index contributed by atoms with van der Waals surface area (Å²) in [6.07, 6.45) is 0. The third-order valence-electron chi connectivity index (χ3n) is 4.42. The van der Waals surface area contributed by atoms with Gasteiger partial charge in [0.25, 0.3) is 0 Å². The van der Waals surface area contributed by atoms with E-state index in [4.69, 9.17) is 10.5 Å². The lowest BCUT2D eigenvalue weighted by Crippen LogP contribution is -2.58. The third kappa shape index (κ3) is 2.55. The van der Waals surface area contributed by atoms with Crippen molar-refractivity contribution in [2.75, 3.05) is 13.7 Å². The number of likely N-dealkylation sites (tertiary alicyclic amines) is 1. The SMILES string of the molecule is COc1ccccc1[C@H]1[C@@H](N)CN1[C@@H](C)c1ccccc1. The van der Waals surface area contributed by atoms with E-state index in [1.807, 2.05) is 18.2 Å². The van der Waals surface area contributed by atoms with E-state index in [9.17, 15) is 0 Å². The van der Waals surface area contributed by atoms with E-state index < -0.39 is 0 Å². The van der Waals surface area contributed by atoms with Gasteiger partial charge in [-0.15, -0.1) is 0 Å². The molecule has 3 rings (SSSR count). The maximum absolute atomic E-state index is 6.29. The van der Waals surface area contributed by atoms with Gasteiger partial charge in [0, 0.05) is 24.2 Å². The number of nitrogens with zero attached hydrogens (tertiary/aromatic N) is 1. The van der Waals surface area contributed by atoms with E-state index in [1.165, 1.54) is 11.1 Å². The first-order valence-electron chi connectivity index (χ1n) is 7.41. The quantitative estimate of drug-likeness (QED) is 0.936. The van der Waals surface area contributed by atoms with Crippen molar-refractivity contribution in [1.29, 1.82) is 0 Å². The normalized spacial score (nSPS) is 23.4. The molecule has 110 valence electrons. The van der Waals surface area contributed by atoms with E-state index in [1.54, 1.807) is 7.11 Å². The van der Waals surface area contributed by atoms with E-state index in [2.05, 4.69) is 48.2 Å². The smallest absolute Gasteiger partial charge is 0.123 e. The van der Waals surface area contributed by atoms with Crippen LogP contribution in [0.1, 0.15) is 30.1 Å². The summed E-state index contributed by atoms with van der Waals surface area (Å²) in [5.41, 5.74) is 8.79. The van der Waals surface area contributed by atoms with Crippen molar-refractivity contribution < 1.29 is 4.74 Å². The van der Waals surface area contributed by atoms with Crippen LogP contribution in [0.4, 0.5) is 0 Å². The van der Waals surface area contributed by atoms with Crippen LogP contribution < -0.4 is 10.5 Å². The van der Waals surface area contributed by atoms with Gasteiger partial charge in [0.05, 0.1) is 13.2 Å². The molecule has 0 saturated carbocycles. The van der Waals surface area contributed by atoms with Crippen LogP contribution in [0, 0.1) is 0 Å². The molecule has 0 aromatic heterocycles. The number of benzene rings is 2. The zero-order valence-corrected chi connectivity index (χ0v) is 12.6. The summed E-state index contributed by atoms with van der Waals surface area (Å²) in [5, 5.41) is 0. The van der Waals surface area contributed by atoms with Gasteiger partial charge in [-0.05, 0) is 18.6 Å². The molecule has 0 unspecified atom stereocenters. The summed E-state index contributed by atoms with van der Waals surface area (Å²) < 4.78 is 5.50. The number of ether oxygens (including phenoxy) is 1. The Balaban J connectivity index is 1.88. The fraction of sp³-hybridized carbons (Fsp3) is 0.333. The Bertz CT molecular complexity index is 599. The summed E-state index contributed by atoms with van der Waals surface area (Å²) in [4.78, 5) is 2.44. The second-order valence-electron chi connectivity index (χ2n) is 5.63. The zero-order chi connectivity index (χ0) is 14.8. The third-order valence-corrected chi connectivity index (χ3v) is 4.42. The minimum atomic E-state index is 0.160. The molecule has 2 aromatic carbocycles. The van der Waals surface area contributed by atoms with Gasteiger partial charge in [0.1, 0.15) is 5.75 Å². The Morgan fingerprint density at radius 3 is 2.43 bits per heavy atom. The molecular formula is C18H22N2O. The molecule has 21 heavy (non-hydrogen) atoms. The summed E-state index contributed by atoms with van der Waals surface area (Å²) in [7, 11) is 1.72. The zero-order valence-electron chi connectivity index (χ0n) is 12.6. The highest BCUT2D eigenvalue weighted by molar-refractivity contribution is 5.39. The minimum Gasteiger partial charge on any atom is -0.496 e. The molecule has 1 aliphatic heterocycles. The van der Waals surface area contributed by atoms with Crippen molar-refractivity contribution in [3.05, 3.63) is 65.7 Å². The van der Waals surface area contributed by atoms with Crippen LogP contribution in [0.3, 0.4) is 0 Å². The van der Waals surface area contributed by atoms with Gasteiger partial charge < -0.3 is 10.5 Å². The molecule has 3 nitrogen and oxygen atoms in total. The molecule has 0 amide bonds. The van der Waals surface area contributed by atoms with Gasteiger partial charge in [-0.25, -0.2) is 0 Å². The van der Waals surface area contributed by atoms with Gasteiger partial charge in [-0.3, -0.25) is 4.90 Å². The van der Waals surface area contributed by atoms with E-state index >= 15 is 0 Å². The Morgan fingerprint density at radius 2 is 1.76 bits per heavy atom. The van der Waals surface area contributed by atoms with Crippen LogP contribution in [0.25, 0.3) is 0 Å². The van der Waals surface area contributed by atoms with Gasteiger partial charge in [-0.1, -0.05) is 48.5 Å². The molecular weight excluding hydrogens is 260 g/mol. The Labute approximate surface area is 126 Å². The average Bonchev–Trinajstić information content (AvgIpc) is 2.53. The molecule has 1 saturated heterocycles. The molecule has 0 aliphatic carbocycles. The number of hydrogen-bond acceptors (Lipinski definition) is 3. The first-order valence-corrected chi connectivity index (χ1v) is 7.41. The van der Waals surface area contributed by atoms with Crippen molar-refractivity contribution in [2.24, 2.45) is 5.73 Å². The number of nitrogens with two attached hydrogens (primary N) is 1. The van der Waals surface area contributed by atoms with Gasteiger partial charge in [0.15, 0.2) is 0 Å². The molecule has 1 heterocycles. The van der Waals surface area contributed by atoms with Crippen LogP contribution in [0.5, 0.6) is 5.75 Å². The van der Waals surface area contributed by atoms with E-state index in [0.29, 0.717) is 6.04 Å². The van der Waals surface area contributed by atoms with E-state index in [-0.39, 0.29) is 12.1 Å². The highest BCUT2D eigenvalue weighted by Crippen LogP contribution is 2.42. The van der Waals surface area contributed by atoms with Crippen molar-refractivity contribution in [1.82, 2.24) is 4.90 Å². The van der Waals surface area contributed by atoms with Crippen molar-refractivity contribution in [3.8, 4) is 5.75 Å². The first kappa shape index (κ1) is 14.1. The summed E-state index contributed by atoms with van der Waals surface area (Å²) in [6, 6.07) is 19.5. The van der Waals surface area contributed by atoms with Gasteiger partial charge in [-0.2, -0.15) is 0 Å². The second kappa shape index (κ2) is 5.88. The standard InChI is InChI=1S/C18H22N2O/c1-13(14-8-4-3-5-9-14)20-12-16(19)18(20)15-10-6-7-11-17(15)21-2/h3-11,13,16,18H,12,19H2,1-2H3/t13-,16-,18-/m0/s1. The lowest BCUT2D eigenvalue weighted by molar-refractivity contribution is 0.0216. The Morgan fingerprint density at radius 1 is 1.10 bits per heavy atom. The van der Waals surface area contributed by atoms with Crippen LogP contribution in [0.15, 0.2) is 54.6 Å². The van der Waals surface area contributed by atoms with Gasteiger partial charge >= 0.3 is 0 Å². The average molecular weight is 282 g/mol. The fourth-order valence-electron chi connectivity index (χ4n) is 3.21. The van der Waals surface area contributed by atoms with Crippen LogP contribution >= 0.6 is 0 Å². The van der Waals surface area contributed by atoms with Gasteiger partial charge in [0.2, 0.25) is 0 Å². The van der Waals surface area contributed by atoms with E-state index in [0.717, 1.165) is 12.3 Å². The number of rotatable bonds is 4. The molecule has 3 heteroatoms. The lowest BCUT2D eigenvalue weighted by Gasteiger charge is -2.50. The predicted octanol–water partition coefficient (Wildman–Crippen LogP) is 3.14. The monoisotopic (exact) mass is 282 g/mol. The molecule has 0 spiro atoms. The second-order valence-corrected chi connectivity index (χ2v) is 5.63. The Hall–Kier alpha value is -1.84. The molecule has 2 aromatic rings. The topological polar surface area (TPSA) is 38.5 Å². The summed E-state index contributed by atoms with van der Waals surface area (Å²) in [6.45, 7) is 3.16. The first-order chi connectivity index (χ1) is 10.2. The molecule has 3 atom stereocenters. The molecule has 2 N–H and O–H groups in total. The fourth-order valence-corrected chi connectivity index (χ4v) is 3.21. The number of methoxy groups -OCH3 is 1. The summed E-state index contributed by atoms with van der Waals surface area (Å²) in [5.74, 6) is 0.919. The van der Waals surface area contributed by atoms with Crippen LogP contribution in [0.2, 0.25) is 0 Å². The molecule has 1 fully saturated rings. The maximum atomic E-state index is 6.29. The van der Waals surface area contributed by atoms with Crippen molar-refractivity contribution in [3.63, 3.8) is 0 Å². The molecule has 1 aliphatic rings. The largest absolute Gasteiger partial charge is 0.496 e. The number of para-hydroxylation sites is 1. The molecule has 0 bridgehead atoms. The maximum Gasteiger partial charge on any atom is 0.123 e. The minimum absolute atomic E-state index is 0.160. The summed E-state index contributed by atoms with van der Waals surface area (Å²) >= 11 is 0. The highest BCUT2D eigenvalue weighted by Gasteiger charge is 2.41. The highest BCUT2D eigenvalue weighted by atomic mass is 16.5. The van der Waals surface area contributed by atoms with Crippen LogP contribution in [-0.4, -0.2) is 24.6 Å². The van der Waals surface area contributed by atoms with Crippen LogP contribution in [-0.2, 0) is 0 Å². The van der Waals surface area contributed by atoms with Crippen molar-refractivity contribution >= 4 is 0 Å². The molecule has 0 radical (unpaired) electrons. The number of hydrogen-bond donors (Lipinski definition) is 1. The van der Waals surface area contributed by atoms with Crippen molar-refractivity contribution in [2.45, 2.75) is 25.0 Å².